The highest BCUT2D eigenvalue weighted by Gasteiger charge is 2.34. The topological polar surface area (TPSA) is 60.8 Å². The molecule has 0 fully saturated rings. The van der Waals surface area contributed by atoms with E-state index in [1.54, 1.807) is 16.7 Å². The molecule has 0 N–H and O–H groups in total. The Bertz CT molecular complexity index is 1470. The molecule has 1 unspecified atom stereocenters. The highest BCUT2D eigenvalue weighted by atomic mass is 16.5. The number of pyridine rings is 1. The van der Waals surface area contributed by atoms with E-state index in [0.29, 0.717) is 45.6 Å². The third-order valence-corrected chi connectivity index (χ3v) is 6.60. The van der Waals surface area contributed by atoms with Crippen LogP contribution in [0.2, 0.25) is 0 Å². The first-order chi connectivity index (χ1) is 16.5. The standard InChI is InChI=1S/C28H26N2O4/c1-29(2)21(17-10-6-5-7-11-17)16-30-25-18-12-8-9-13-19(18)26(31)23(25)20-14-15-22(33-3)27(34-4)24(20)28(30)32/h5-15,21H,16H2,1-4H3. The maximum absolute atomic E-state index is 14.1. The van der Waals surface area contributed by atoms with E-state index in [-0.39, 0.29) is 17.4 Å². The molecule has 1 aliphatic rings. The Balaban J connectivity index is 1.87. The number of aromatic nitrogens is 1. The highest BCUT2D eigenvalue weighted by Crippen LogP contribution is 2.43. The Hall–Kier alpha value is -3.90. The quantitative estimate of drug-likeness (QED) is 0.377. The van der Waals surface area contributed by atoms with Crippen molar-refractivity contribution >= 4 is 16.6 Å². The molecule has 4 aromatic rings. The van der Waals surface area contributed by atoms with Gasteiger partial charge in [0.05, 0.1) is 36.9 Å². The molecular formula is C28H26N2O4. The van der Waals surface area contributed by atoms with Gasteiger partial charge in [-0.25, -0.2) is 0 Å². The fraction of sp³-hybridized carbons (Fsp3) is 0.214. The maximum Gasteiger partial charge on any atom is 0.262 e. The van der Waals surface area contributed by atoms with Crippen LogP contribution in [0.5, 0.6) is 11.5 Å². The van der Waals surface area contributed by atoms with Gasteiger partial charge in [0.25, 0.3) is 5.56 Å². The largest absolute Gasteiger partial charge is 0.493 e. The van der Waals surface area contributed by atoms with Gasteiger partial charge in [0.1, 0.15) is 0 Å². The van der Waals surface area contributed by atoms with Crippen LogP contribution in [0.4, 0.5) is 0 Å². The molecule has 0 saturated carbocycles. The summed E-state index contributed by atoms with van der Waals surface area (Å²) in [5.41, 5.74) is 3.45. The smallest absolute Gasteiger partial charge is 0.262 e. The maximum atomic E-state index is 14.1. The SMILES string of the molecule is COc1ccc2c3c(n(CC(c4ccccc4)N(C)C)c(=O)c2c1OC)-c1ccccc1C3=O. The van der Waals surface area contributed by atoms with E-state index in [2.05, 4.69) is 17.0 Å². The summed E-state index contributed by atoms with van der Waals surface area (Å²) in [6.07, 6.45) is 0. The van der Waals surface area contributed by atoms with Crippen molar-refractivity contribution in [2.45, 2.75) is 12.6 Å². The molecule has 172 valence electrons. The summed E-state index contributed by atoms with van der Waals surface area (Å²) in [5, 5.41) is 0.934. The van der Waals surface area contributed by atoms with Crippen molar-refractivity contribution in [2.24, 2.45) is 0 Å². The minimum atomic E-state index is -0.211. The lowest BCUT2D eigenvalue weighted by Gasteiger charge is -2.27. The van der Waals surface area contributed by atoms with Gasteiger partial charge in [-0.3, -0.25) is 9.59 Å². The van der Waals surface area contributed by atoms with Gasteiger partial charge in [-0.05, 0) is 31.8 Å². The lowest BCUT2D eigenvalue weighted by molar-refractivity contribution is 0.104. The van der Waals surface area contributed by atoms with E-state index in [0.717, 1.165) is 11.1 Å². The number of hydrogen-bond donors (Lipinski definition) is 0. The zero-order valence-electron chi connectivity index (χ0n) is 19.7. The van der Waals surface area contributed by atoms with E-state index in [1.165, 1.54) is 14.2 Å². The number of ketones is 1. The van der Waals surface area contributed by atoms with E-state index in [9.17, 15) is 9.59 Å². The number of hydrogen-bond acceptors (Lipinski definition) is 5. The number of carbonyl (C=O) groups excluding carboxylic acids is 1. The second-order valence-corrected chi connectivity index (χ2v) is 8.63. The van der Waals surface area contributed by atoms with Gasteiger partial charge in [-0.1, -0.05) is 54.6 Å². The van der Waals surface area contributed by atoms with Crippen LogP contribution >= 0.6 is 0 Å². The molecule has 0 bridgehead atoms. The number of carbonyl (C=O) groups is 1. The molecule has 1 heterocycles. The van der Waals surface area contributed by atoms with Crippen LogP contribution in [0.1, 0.15) is 27.5 Å². The van der Waals surface area contributed by atoms with Crippen LogP contribution in [-0.4, -0.2) is 43.6 Å². The number of benzene rings is 3. The lowest BCUT2D eigenvalue weighted by Crippen LogP contribution is -2.31. The van der Waals surface area contributed by atoms with Crippen LogP contribution < -0.4 is 15.0 Å². The Morgan fingerprint density at radius 1 is 0.853 bits per heavy atom. The average molecular weight is 455 g/mol. The Morgan fingerprint density at radius 3 is 2.18 bits per heavy atom. The van der Waals surface area contributed by atoms with Gasteiger partial charge in [0.15, 0.2) is 17.3 Å². The molecule has 34 heavy (non-hydrogen) atoms. The van der Waals surface area contributed by atoms with Crippen molar-refractivity contribution in [3.8, 4) is 22.8 Å². The zero-order valence-corrected chi connectivity index (χ0v) is 19.7. The van der Waals surface area contributed by atoms with E-state index < -0.39 is 0 Å². The van der Waals surface area contributed by atoms with Crippen LogP contribution in [0.3, 0.4) is 0 Å². The van der Waals surface area contributed by atoms with E-state index in [4.69, 9.17) is 9.47 Å². The fourth-order valence-corrected chi connectivity index (χ4v) is 4.97. The van der Waals surface area contributed by atoms with Crippen LogP contribution in [0.15, 0.2) is 71.5 Å². The first kappa shape index (κ1) is 21.9. The van der Waals surface area contributed by atoms with Crippen molar-refractivity contribution in [3.05, 3.63) is 93.8 Å². The lowest BCUT2D eigenvalue weighted by atomic mass is 10.0. The number of fused-ring (bicyclic) bond motifs is 5. The fourth-order valence-electron chi connectivity index (χ4n) is 4.97. The molecule has 0 radical (unpaired) electrons. The van der Waals surface area contributed by atoms with Crippen molar-refractivity contribution in [3.63, 3.8) is 0 Å². The van der Waals surface area contributed by atoms with Crippen LogP contribution in [0, 0.1) is 0 Å². The van der Waals surface area contributed by atoms with Gasteiger partial charge >= 0.3 is 0 Å². The van der Waals surface area contributed by atoms with Crippen molar-refractivity contribution in [2.75, 3.05) is 28.3 Å². The summed E-state index contributed by atoms with van der Waals surface area (Å²) in [6.45, 7) is 0.371. The molecule has 1 atom stereocenters. The first-order valence-corrected chi connectivity index (χ1v) is 11.1. The molecule has 5 rings (SSSR count). The monoisotopic (exact) mass is 454 g/mol. The zero-order chi connectivity index (χ0) is 24.0. The molecular weight excluding hydrogens is 428 g/mol. The molecule has 3 aromatic carbocycles. The molecule has 1 aromatic heterocycles. The minimum Gasteiger partial charge on any atom is -0.493 e. The summed E-state index contributed by atoms with van der Waals surface area (Å²) in [5.74, 6) is 0.706. The minimum absolute atomic E-state index is 0.0834. The van der Waals surface area contributed by atoms with Gasteiger partial charge in [-0.15, -0.1) is 0 Å². The Kier molecular flexibility index (Phi) is 5.46. The molecule has 0 spiro atoms. The molecule has 6 heteroatoms. The van der Waals surface area contributed by atoms with Crippen molar-refractivity contribution in [1.82, 2.24) is 9.47 Å². The predicted molar refractivity (Wildman–Crippen MR) is 133 cm³/mol. The Labute approximate surface area is 198 Å². The summed E-state index contributed by atoms with van der Waals surface area (Å²) in [4.78, 5) is 29.8. The highest BCUT2D eigenvalue weighted by molar-refractivity contribution is 6.27. The summed E-state index contributed by atoms with van der Waals surface area (Å²) < 4.78 is 12.8. The molecule has 6 nitrogen and oxygen atoms in total. The number of ether oxygens (including phenoxy) is 2. The molecule has 1 aliphatic carbocycles. The van der Waals surface area contributed by atoms with Crippen LogP contribution in [0.25, 0.3) is 22.0 Å². The average Bonchev–Trinajstić information content (AvgIpc) is 3.16. The first-order valence-electron chi connectivity index (χ1n) is 11.1. The van der Waals surface area contributed by atoms with Gasteiger partial charge in [-0.2, -0.15) is 0 Å². The summed E-state index contributed by atoms with van der Waals surface area (Å²) in [7, 11) is 7.03. The molecule has 0 amide bonds. The number of methoxy groups -OCH3 is 2. The number of nitrogens with zero attached hydrogens (tertiary/aromatic N) is 2. The van der Waals surface area contributed by atoms with Gasteiger partial charge < -0.3 is 18.9 Å². The second kappa shape index (κ2) is 8.47. The van der Waals surface area contributed by atoms with Gasteiger partial charge in [0, 0.05) is 23.1 Å². The summed E-state index contributed by atoms with van der Waals surface area (Å²) >= 11 is 0. The predicted octanol–water partition coefficient (Wildman–Crippen LogP) is 4.53. The normalized spacial score (nSPS) is 13.1. The Morgan fingerprint density at radius 2 is 1.53 bits per heavy atom. The third kappa shape index (κ3) is 3.22. The summed E-state index contributed by atoms with van der Waals surface area (Å²) in [6, 6.07) is 21.0. The second-order valence-electron chi connectivity index (χ2n) is 8.63. The third-order valence-electron chi connectivity index (χ3n) is 6.60. The van der Waals surface area contributed by atoms with E-state index in [1.807, 2.05) is 56.6 Å². The van der Waals surface area contributed by atoms with E-state index >= 15 is 0 Å². The van der Waals surface area contributed by atoms with Crippen molar-refractivity contribution in [1.29, 1.82) is 0 Å². The molecule has 0 saturated heterocycles. The van der Waals surface area contributed by atoms with Gasteiger partial charge in [0.2, 0.25) is 0 Å². The van der Waals surface area contributed by atoms with Crippen LogP contribution in [-0.2, 0) is 6.54 Å². The molecule has 0 aliphatic heterocycles. The number of likely N-dealkylation sites (N-methyl/N-ethyl adjacent to an activating group) is 1. The number of rotatable bonds is 6. The van der Waals surface area contributed by atoms with Crippen molar-refractivity contribution < 1.29 is 14.3 Å².